The molecule has 2 fully saturated rings. The van der Waals surface area contributed by atoms with Crippen LogP contribution < -0.4 is 0 Å². The van der Waals surface area contributed by atoms with E-state index in [1.165, 1.54) is 6.33 Å². The fraction of sp³-hybridized carbons (Fsp3) is 0.769. The molecular formula is C13H22N6O. The van der Waals surface area contributed by atoms with E-state index in [1.54, 1.807) is 0 Å². The highest BCUT2D eigenvalue weighted by molar-refractivity contribution is 5.82. The van der Waals surface area contributed by atoms with Crippen molar-refractivity contribution in [3.8, 4) is 0 Å². The number of carbonyl (C=O) groups is 1. The molecular weight excluding hydrogens is 256 g/mol. The molecule has 1 N–H and O–H groups in total. The summed E-state index contributed by atoms with van der Waals surface area (Å²) in [5.41, 5.74) is 0. The van der Waals surface area contributed by atoms with Gasteiger partial charge in [-0.3, -0.25) is 19.7 Å². The lowest BCUT2D eigenvalue weighted by atomic mass is 10.1. The van der Waals surface area contributed by atoms with Crippen molar-refractivity contribution in [2.75, 3.05) is 39.8 Å². The maximum Gasteiger partial charge on any atom is 0.240 e. The van der Waals surface area contributed by atoms with Crippen molar-refractivity contribution in [2.45, 2.75) is 25.4 Å². The zero-order chi connectivity index (χ0) is 13.9. The first-order valence-corrected chi connectivity index (χ1v) is 7.29. The van der Waals surface area contributed by atoms with Crippen LogP contribution in [0.1, 0.15) is 18.7 Å². The molecule has 0 radical (unpaired) electrons. The average Bonchev–Trinajstić information content (AvgIpc) is 3.10. The number of amides is 1. The number of H-pyrrole nitrogens is 1. The number of carbonyl (C=O) groups excluding carboxylic acids is 1. The molecule has 2 aliphatic rings. The summed E-state index contributed by atoms with van der Waals surface area (Å²) in [7, 11) is 2.05. The van der Waals surface area contributed by atoms with Gasteiger partial charge in [-0.15, -0.1) is 0 Å². The van der Waals surface area contributed by atoms with Gasteiger partial charge in [0.05, 0.1) is 12.6 Å². The number of likely N-dealkylation sites (N-methyl/N-ethyl adjacent to an activating group) is 1. The summed E-state index contributed by atoms with van der Waals surface area (Å²) in [6.45, 7) is 5.27. The lowest BCUT2D eigenvalue weighted by Gasteiger charge is -2.36. The van der Waals surface area contributed by atoms with Crippen LogP contribution in [0.25, 0.3) is 0 Å². The predicted octanol–water partition coefficient (Wildman–Crippen LogP) is -0.457. The number of nitrogens with one attached hydrogen (secondary N) is 1. The molecule has 0 spiro atoms. The first-order chi connectivity index (χ1) is 9.74. The van der Waals surface area contributed by atoms with Gasteiger partial charge in [-0.25, -0.2) is 4.98 Å². The molecule has 3 rings (SSSR count). The molecule has 110 valence electrons. The summed E-state index contributed by atoms with van der Waals surface area (Å²) in [6, 6.07) is 0.107. The maximum atomic E-state index is 12.5. The number of nitrogens with zero attached hydrogens (tertiary/aromatic N) is 5. The fourth-order valence-electron chi connectivity index (χ4n) is 3.08. The van der Waals surface area contributed by atoms with E-state index in [9.17, 15) is 4.79 Å². The lowest BCUT2D eigenvalue weighted by molar-refractivity contribution is -0.137. The minimum Gasteiger partial charge on any atom is -0.339 e. The number of likely N-dealkylation sites (tertiary alicyclic amines) is 1. The van der Waals surface area contributed by atoms with Crippen molar-refractivity contribution in [2.24, 2.45) is 0 Å². The molecule has 20 heavy (non-hydrogen) atoms. The third-order valence-corrected chi connectivity index (χ3v) is 4.33. The van der Waals surface area contributed by atoms with Gasteiger partial charge in [0.1, 0.15) is 12.2 Å². The van der Waals surface area contributed by atoms with E-state index in [0.717, 1.165) is 57.9 Å². The smallest absolute Gasteiger partial charge is 0.240 e. The van der Waals surface area contributed by atoms with Gasteiger partial charge in [0.25, 0.3) is 0 Å². The van der Waals surface area contributed by atoms with Crippen molar-refractivity contribution in [3.05, 3.63) is 12.2 Å². The third kappa shape index (κ3) is 2.83. The highest BCUT2D eigenvalue weighted by atomic mass is 16.2. The summed E-state index contributed by atoms with van der Waals surface area (Å²) in [6.07, 6.45) is 3.68. The normalized spacial score (nSPS) is 25.2. The highest BCUT2D eigenvalue weighted by Crippen LogP contribution is 2.18. The van der Waals surface area contributed by atoms with Crippen LogP contribution in [0, 0.1) is 0 Å². The van der Waals surface area contributed by atoms with E-state index in [2.05, 4.69) is 32.0 Å². The van der Waals surface area contributed by atoms with Crippen LogP contribution in [0.15, 0.2) is 6.33 Å². The maximum absolute atomic E-state index is 12.5. The number of piperazine rings is 1. The predicted molar refractivity (Wildman–Crippen MR) is 73.9 cm³/mol. The average molecular weight is 278 g/mol. The van der Waals surface area contributed by atoms with Gasteiger partial charge in [-0.1, -0.05) is 0 Å². The molecule has 0 saturated carbocycles. The van der Waals surface area contributed by atoms with E-state index in [4.69, 9.17) is 0 Å². The number of hydrogen-bond acceptors (Lipinski definition) is 5. The van der Waals surface area contributed by atoms with E-state index in [1.807, 2.05) is 4.90 Å². The second-order valence-corrected chi connectivity index (χ2v) is 5.67. The topological polar surface area (TPSA) is 68.4 Å². The van der Waals surface area contributed by atoms with Crippen LogP contribution in [0.4, 0.5) is 0 Å². The molecule has 1 unspecified atom stereocenters. The van der Waals surface area contributed by atoms with Crippen LogP contribution in [-0.4, -0.2) is 81.6 Å². The Hall–Kier alpha value is -1.47. The Balaban J connectivity index is 1.49. The van der Waals surface area contributed by atoms with E-state index >= 15 is 0 Å². The zero-order valence-corrected chi connectivity index (χ0v) is 12.0. The van der Waals surface area contributed by atoms with Crippen LogP contribution in [-0.2, 0) is 11.3 Å². The van der Waals surface area contributed by atoms with Crippen LogP contribution in [0.3, 0.4) is 0 Å². The minimum absolute atomic E-state index is 0.107. The van der Waals surface area contributed by atoms with Crippen molar-refractivity contribution in [1.29, 1.82) is 0 Å². The molecule has 1 aromatic heterocycles. The molecule has 0 bridgehead atoms. The van der Waals surface area contributed by atoms with Gasteiger partial charge in [0, 0.05) is 26.2 Å². The molecule has 1 aromatic rings. The molecule has 7 heteroatoms. The van der Waals surface area contributed by atoms with Crippen molar-refractivity contribution < 1.29 is 4.79 Å². The number of aromatic nitrogens is 3. The second kappa shape index (κ2) is 5.88. The van der Waals surface area contributed by atoms with Gasteiger partial charge in [0.2, 0.25) is 5.91 Å². The second-order valence-electron chi connectivity index (χ2n) is 5.67. The Morgan fingerprint density at radius 2 is 2.15 bits per heavy atom. The highest BCUT2D eigenvalue weighted by Gasteiger charge is 2.32. The molecule has 0 aromatic carbocycles. The van der Waals surface area contributed by atoms with Crippen molar-refractivity contribution in [3.63, 3.8) is 0 Å². The Labute approximate surface area is 118 Å². The third-order valence-electron chi connectivity index (χ3n) is 4.33. The summed E-state index contributed by atoms with van der Waals surface area (Å²) in [4.78, 5) is 23.1. The minimum atomic E-state index is 0.107. The van der Waals surface area contributed by atoms with Gasteiger partial charge < -0.3 is 4.90 Å². The van der Waals surface area contributed by atoms with Crippen LogP contribution >= 0.6 is 0 Å². The Morgan fingerprint density at radius 1 is 1.35 bits per heavy atom. The van der Waals surface area contributed by atoms with Crippen molar-refractivity contribution >= 4 is 5.91 Å². The van der Waals surface area contributed by atoms with Crippen LogP contribution in [0.5, 0.6) is 0 Å². The molecule has 3 heterocycles. The monoisotopic (exact) mass is 278 g/mol. The van der Waals surface area contributed by atoms with E-state index in [-0.39, 0.29) is 6.04 Å². The molecule has 1 amide bonds. The molecule has 1 atom stereocenters. The quantitative estimate of drug-likeness (QED) is 0.810. The molecule has 2 saturated heterocycles. The first kappa shape index (κ1) is 13.5. The lowest BCUT2D eigenvalue weighted by Crippen LogP contribution is -2.53. The van der Waals surface area contributed by atoms with Gasteiger partial charge in [-0.05, 0) is 26.4 Å². The van der Waals surface area contributed by atoms with Gasteiger partial charge >= 0.3 is 0 Å². The van der Waals surface area contributed by atoms with E-state index in [0.29, 0.717) is 5.91 Å². The first-order valence-electron chi connectivity index (χ1n) is 7.29. The SMILES string of the molecule is CN1CCCC1C(=O)N1CCN(Cc2ncn[nH]2)CC1. The Kier molecular flexibility index (Phi) is 3.98. The summed E-state index contributed by atoms with van der Waals surface area (Å²) in [5.74, 6) is 1.20. The number of hydrogen-bond donors (Lipinski definition) is 1. The fourth-order valence-corrected chi connectivity index (χ4v) is 3.08. The summed E-state index contributed by atoms with van der Waals surface area (Å²) >= 11 is 0. The largest absolute Gasteiger partial charge is 0.339 e. The molecule has 0 aliphatic carbocycles. The Bertz CT molecular complexity index is 440. The van der Waals surface area contributed by atoms with Crippen molar-refractivity contribution in [1.82, 2.24) is 29.9 Å². The standard InChI is InChI=1S/C13H22N6O/c1-17-4-2-3-11(17)13(20)19-7-5-18(6-8-19)9-12-14-10-15-16-12/h10-11H,2-9H2,1H3,(H,14,15,16). The summed E-state index contributed by atoms with van der Waals surface area (Å²) in [5, 5.41) is 6.74. The van der Waals surface area contributed by atoms with Crippen LogP contribution in [0.2, 0.25) is 0 Å². The van der Waals surface area contributed by atoms with Gasteiger partial charge in [0.15, 0.2) is 0 Å². The number of rotatable bonds is 3. The molecule has 7 nitrogen and oxygen atoms in total. The zero-order valence-electron chi connectivity index (χ0n) is 12.0. The summed E-state index contributed by atoms with van der Waals surface area (Å²) < 4.78 is 0. The van der Waals surface area contributed by atoms with Gasteiger partial charge in [-0.2, -0.15) is 5.10 Å². The van der Waals surface area contributed by atoms with E-state index < -0.39 is 0 Å². The Morgan fingerprint density at radius 3 is 2.75 bits per heavy atom. The number of aromatic amines is 1. The molecule has 2 aliphatic heterocycles.